The van der Waals surface area contributed by atoms with Crippen molar-refractivity contribution in [1.29, 1.82) is 0 Å². The lowest BCUT2D eigenvalue weighted by Gasteiger charge is -1.98. The van der Waals surface area contributed by atoms with Gasteiger partial charge in [0, 0.05) is 11.6 Å². The summed E-state index contributed by atoms with van der Waals surface area (Å²) in [5.41, 5.74) is 10.4. The van der Waals surface area contributed by atoms with E-state index >= 15 is 0 Å². The normalized spacial score (nSPS) is 10.5. The number of hydrogen-bond donors (Lipinski definition) is 2. The zero-order valence-corrected chi connectivity index (χ0v) is 6.83. The van der Waals surface area contributed by atoms with Crippen molar-refractivity contribution < 1.29 is 9.18 Å². The molecule has 1 aromatic rings. The molecule has 13 heavy (non-hydrogen) atoms. The van der Waals surface area contributed by atoms with E-state index in [0.29, 0.717) is 0 Å². The van der Waals surface area contributed by atoms with Crippen LogP contribution in [-0.4, -0.2) is 5.91 Å². The van der Waals surface area contributed by atoms with Gasteiger partial charge >= 0.3 is 0 Å². The number of rotatable bonds is 2. The molecule has 4 heteroatoms. The topological polar surface area (TPSA) is 69.1 Å². The lowest BCUT2D eigenvalue weighted by molar-refractivity contribution is -0.113. The molecule has 1 amide bonds. The summed E-state index contributed by atoms with van der Waals surface area (Å²) in [5, 5.41) is 0. The van der Waals surface area contributed by atoms with Gasteiger partial charge in [-0.15, -0.1) is 0 Å². The Morgan fingerprint density at radius 1 is 1.46 bits per heavy atom. The Balaban J connectivity index is 3.02. The van der Waals surface area contributed by atoms with E-state index in [1.165, 1.54) is 18.2 Å². The van der Waals surface area contributed by atoms with Gasteiger partial charge in [-0.1, -0.05) is 12.1 Å². The van der Waals surface area contributed by atoms with Crippen molar-refractivity contribution in [2.24, 2.45) is 5.73 Å². The van der Waals surface area contributed by atoms with Crippen LogP contribution in [0.1, 0.15) is 5.56 Å². The fourth-order valence-electron chi connectivity index (χ4n) is 0.869. The highest BCUT2D eigenvalue weighted by molar-refractivity contribution is 5.90. The third-order valence-electron chi connectivity index (χ3n) is 1.49. The number of carbonyl (C=O) groups excluding carboxylic acids is 1. The molecule has 68 valence electrons. The number of benzene rings is 1. The third kappa shape index (κ3) is 2.30. The molecule has 4 N–H and O–H groups in total. The molecule has 0 atom stereocenters. The van der Waals surface area contributed by atoms with Crippen LogP contribution in [0.3, 0.4) is 0 Å². The van der Waals surface area contributed by atoms with Crippen molar-refractivity contribution >= 4 is 17.7 Å². The minimum atomic E-state index is -0.623. The van der Waals surface area contributed by atoms with Gasteiger partial charge in [-0.25, -0.2) is 4.39 Å². The number of amides is 1. The number of carbonyl (C=O) groups is 1. The lowest BCUT2D eigenvalue weighted by atomic mass is 10.1. The van der Waals surface area contributed by atoms with Crippen LogP contribution in [0.25, 0.3) is 6.08 Å². The summed E-state index contributed by atoms with van der Waals surface area (Å²) in [4.78, 5) is 10.4. The molecule has 3 nitrogen and oxygen atoms in total. The van der Waals surface area contributed by atoms with Crippen LogP contribution in [0.4, 0.5) is 10.1 Å². The smallest absolute Gasteiger partial charge is 0.241 e. The second-order valence-electron chi connectivity index (χ2n) is 2.49. The predicted octanol–water partition coefficient (Wildman–Crippen LogP) is 0.906. The number of nitrogens with two attached hydrogens (primary N) is 2. The van der Waals surface area contributed by atoms with E-state index in [1.54, 1.807) is 6.07 Å². The highest BCUT2D eigenvalue weighted by atomic mass is 19.1. The van der Waals surface area contributed by atoms with Crippen molar-refractivity contribution in [2.45, 2.75) is 0 Å². The van der Waals surface area contributed by atoms with E-state index in [9.17, 15) is 9.18 Å². The Bertz CT molecular complexity index is 361. The van der Waals surface area contributed by atoms with Crippen LogP contribution in [0.15, 0.2) is 24.3 Å². The van der Waals surface area contributed by atoms with E-state index in [0.717, 1.165) is 6.08 Å². The average Bonchev–Trinajstić information content (AvgIpc) is 2.07. The first-order valence-electron chi connectivity index (χ1n) is 3.63. The molecule has 0 aliphatic rings. The van der Waals surface area contributed by atoms with Crippen LogP contribution in [-0.2, 0) is 4.79 Å². The van der Waals surface area contributed by atoms with Gasteiger partial charge in [0.15, 0.2) is 5.82 Å². The molecule has 0 unspecified atom stereocenters. The highest BCUT2D eigenvalue weighted by Crippen LogP contribution is 2.15. The largest absolute Gasteiger partial charge is 0.396 e. The molecule has 0 aromatic heterocycles. The van der Waals surface area contributed by atoms with E-state index in [-0.39, 0.29) is 11.3 Å². The molecule has 0 aliphatic carbocycles. The minimum absolute atomic E-state index is 0.0478. The van der Waals surface area contributed by atoms with Crippen molar-refractivity contribution in [3.8, 4) is 0 Å². The number of nitrogen functional groups attached to an aromatic ring is 1. The van der Waals surface area contributed by atoms with Gasteiger partial charge in [0.2, 0.25) is 5.91 Å². The molecule has 0 aliphatic heterocycles. The van der Waals surface area contributed by atoms with E-state index in [1.807, 2.05) is 0 Å². The fraction of sp³-hybridized carbons (Fsp3) is 0. The molecule has 0 radical (unpaired) electrons. The number of halogens is 1. The van der Waals surface area contributed by atoms with E-state index in [2.05, 4.69) is 0 Å². The van der Waals surface area contributed by atoms with Crippen molar-refractivity contribution in [3.05, 3.63) is 35.7 Å². The molecular formula is C9H9FN2O. The predicted molar refractivity (Wildman–Crippen MR) is 49.0 cm³/mol. The lowest BCUT2D eigenvalue weighted by Crippen LogP contribution is -2.05. The zero-order valence-electron chi connectivity index (χ0n) is 6.83. The maximum absolute atomic E-state index is 13.1. The van der Waals surface area contributed by atoms with Crippen LogP contribution in [0, 0.1) is 5.82 Å². The second-order valence-corrected chi connectivity index (χ2v) is 2.49. The molecule has 0 fully saturated rings. The van der Waals surface area contributed by atoms with Gasteiger partial charge in [0.1, 0.15) is 0 Å². The molecule has 0 saturated carbocycles. The Kier molecular flexibility index (Phi) is 2.64. The fourth-order valence-corrected chi connectivity index (χ4v) is 0.869. The van der Waals surface area contributed by atoms with E-state index in [4.69, 9.17) is 11.5 Å². The summed E-state index contributed by atoms with van der Waals surface area (Å²) in [7, 11) is 0. The summed E-state index contributed by atoms with van der Waals surface area (Å²) in [6.45, 7) is 0. The first-order chi connectivity index (χ1) is 6.11. The zero-order chi connectivity index (χ0) is 9.84. The highest BCUT2D eigenvalue weighted by Gasteiger charge is 2.01. The second kappa shape index (κ2) is 3.71. The van der Waals surface area contributed by atoms with Crippen LogP contribution < -0.4 is 11.5 Å². The molecular weight excluding hydrogens is 171 g/mol. The molecule has 0 saturated heterocycles. The Labute approximate surface area is 74.8 Å². The molecule has 1 rings (SSSR count). The number of primary amides is 1. The third-order valence-corrected chi connectivity index (χ3v) is 1.49. The van der Waals surface area contributed by atoms with Gasteiger partial charge in [0.25, 0.3) is 0 Å². The monoisotopic (exact) mass is 180 g/mol. The van der Waals surface area contributed by atoms with Gasteiger partial charge in [-0.2, -0.15) is 0 Å². The molecule has 0 spiro atoms. The summed E-state index contributed by atoms with van der Waals surface area (Å²) >= 11 is 0. The van der Waals surface area contributed by atoms with Crippen molar-refractivity contribution in [3.63, 3.8) is 0 Å². The maximum Gasteiger partial charge on any atom is 0.241 e. The Morgan fingerprint density at radius 2 is 2.15 bits per heavy atom. The minimum Gasteiger partial charge on any atom is -0.396 e. The summed E-state index contributed by atoms with van der Waals surface area (Å²) in [6.07, 6.45) is 2.37. The quantitative estimate of drug-likeness (QED) is 0.524. The first kappa shape index (κ1) is 9.25. The Hall–Kier alpha value is -1.84. The van der Waals surface area contributed by atoms with Crippen LogP contribution >= 0.6 is 0 Å². The van der Waals surface area contributed by atoms with Crippen LogP contribution in [0.2, 0.25) is 0 Å². The van der Waals surface area contributed by atoms with Gasteiger partial charge < -0.3 is 11.5 Å². The first-order valence-corrected chi connectivity index (χ1v) is 3.63. The van der Waals surface area contributed by atoms with Crippen molar-refractivity contribution in [2.75, 3.05) is 5.73 Å². The summed E-state index contributed by atoms with van der Waals surface area (Å²) < 4.78 is 13.1. The standard InChI is InChI=1S/C9H9FN2O/c10-9-6(4-5-8(12)13)2-1-3-7(9)11/h1-5H,11H2,(H2,12,13). The van der Waals surface area contributed by atoms with Gasteiger partial charge in [0.05, 0.1) is 5.69 Å². The van der Waals surface area contributed by atoms with Crippen LogP contribution in [0.5, 0.6) is 0 Å². The SMILES string of the molecule is NC(=O)C=Cc1cccc(N)c1F. The Morgan fingerprint density at radius 3 is 2.77 bits per heavy atom. The maximum atomic E-state index is 13.1. The number of anilines is 1. The average molecular weight is 180 g/mol. The summed E-state index contributed by atoms with van der Waals surface area (Å²) in [5.74, 6) is -1.16. The summed E-state index contributed by atoms with van der Waals surface area (Å²) in [6, 6.07) is 4.54. The van der Waals surface area contributed by atoms with Crippen molar-refractivity contribution in [1.82, 2.24) is 0 Å². The number of hydrogen-bond acceptors (Lipinski definition) is 2. The molecule has 0 bridgehead atoms. The molecule has 0 heterocycles. The van der Waals surface area contributed by atoms with Gasteiger partial charge in [-0.05, 0) is 12.1 Å². The van der Waals surface area contributed by atoms with Gasteiger partial charge in [-0.3, -0.25) is 4.79 Å². The van der Waals surface area contributed by atoms with E-state index < -0.39 is 11.7 Å². The molecule has 1 aromatic carbocycles.